The van der Waals surface area contributed by atoms with E-state index in [4.69, 9.17) is 11.6 Å². The number of thiophene rings is 1. The highest BCUT2D eigenvalue weighted by Crippen LogP contribution is 2.29. The van der Waals surface area contributed by atoms with Crippen LogP contribution in [0, 0.1) is 12.7 Å². The molecule has 12 heteroatoms. The first-order valence-electron chi connectivity index (χ1n) is 9.31. The van der Waals surface area contributed by atoms with Crippen LogP contribution in [0.2, 0.25) is 4.34 Å². The van der Waals surface area contributed by atoms with Crippen molar-refractivity contribution in [3.63, 3.8) is 0 Å². The zero-order valence-electron chi connectivity index (χ0n) is 16.8. The number of aromatic nitrogens is 1. The lowest BCUT2D eigenvalue weighted by atomic mass is 10.1. The SMILES string of the molecule is Cc1c(O)c2ccccc2c(=O)n1-c1ccc(NC(=O)NS(=O)(=O)c2ccc(Cl)s2)cc1F. The maximum absolute atomic E-state index is 14.9. The van der Waals surface area contributed by atoms with E-state index in [1.165, 1.54) is 37.3 Å². The highest BCUT2D eigenvalue weighted by molar-refractivity contribution is 7.92. The van der Waals surface area contributed by atoms with Crippen LogP contribution in [0.4, 0.5) is 14.9 Å². The first kappa shape index (κ1) is 22.8. The van der Waals surface area contributed by atoms with Gasteiger partial charge in [0.2, 0.25) is 0 Å². The number of carbonyl (C=O) groups excluding carboxylic acids is 1. The Balaban J connectivity index is 1.63. The molecule has 2 aromatic carbocycles. The van der Waals surface area contributed by atoms with Gasteiger partial charge in [0.15, 0.2) is 0 Å². The van der Waals surface area contributed by atoms with Crippen molar-refractivity contribution in [2.24, 2.45) is 0 Å². The molecule has 0 aliphatic rings. The molecule has 4 rings (SSSR count). The van der Waals surface area contributed by atoms with E-state index in [-0.39, 0.29) is 36.7 Å². The third-order valence-electron chi connectivity index (χ3n) is 4.78. The molecule has 8 nitrogen and oxygen atoms in total. The summed E-state index contributed by atoms with van der Waals surface area (Å²) in [6.45, 7) is 1.48. The number of hydrogen-bond acceptors (Lipinski definition) is 6. The number of fused-ring (bicyclic) bond motifs is 1. The third kappa shape index (κ3) is 4.30. The topological polar surface area (TPSA) is 118 Å². The van der Waals surface area contributed by atoms with Gasteiger partial charge >= 0.3 is 6.03 Å². The molecule has 2 heterocycles. The number of carbonyl (C=O) groups is 1. The lowest BCUT2D eigenvalue weighted by Crippen LogP contribution is -2.34. The standard InChI is InChI=1S/C21H15ClFN3O5S2/c1-11-19(27)13-4-2-3-5-14(13)20(28)26(11)16-7-6-12(10-15(16)23)24-21(29)25-33(30,31)18-9-8-17(22)32-18/h2-10,27H,1H3,(H2,24,25,29). The van der Waals surface area contributed by atoms with Crippen molar-refractivity contribution in [3.05, 3.63) is 80.8 Å². The lowest BCUT2D eigenvalue weighted by Gasteiger charge is -2.15. The van der Waals surface area contributed by atoms with E-state index in [2.05, 4.69) is 5.32 Å². The van der Waals surface area contributed by atoms with Gasteiger partial charge in [-0.3, -0.25) is 9.36 Å². The van der Waals surface area contributed by atoms with Gasteiger partial charge in [0.25, 0.3) is 15.6 Å². The molecule has 0 fully saturated rings. The molecule has 0 saturated carbocycles. The van der Waals surface area contributed by atoms with Gasteiger partial charge in [0, 0.05) is 11.1 Å². The van der Waals surface area contributed by atoms with Crippen molar-refractivity contribution in [2.75, 3.05) is 5.32 Å². The van der Waals surface area contributed by atoms with Gasteiger partial charge in [-0.2, -0.15) is 0 Å². The van der Waals surface area contributed by atoms with Crippen molar-refractivity contribution in [1.29, 1.82) is 0 Å². The Morgan fingerprint density at radius 1 is 1.12 bits per heavy atom. The predicted molar refractivity (Wildman–Crippen MR) is 125 cm³/mol. The minimum atomic E-state index is -4.15. The molecule has 3 N–H and O–H groups in total. The molecule has 0 bridgehead atoms. The van der Waals surface area contributed by atoms with E-state index in [0.717, 1.165) is 22.0 Å². The molecular weight excluding hydrogens is 493 g/mol. The molecule has 0 radical (unpaired) electrons. The van der Waals surface area contributed by atoms with Gasteiger partial charge in [-0.25, -0.2) is 22.3 Å². The normalized spacial score (nSPS) is 11.5. The molecule has 0 atom stereocenters. The number of aromatic hydroxyl groups is 1. The number of anilines is 1. The summed E-state index contributed by atoms with van der Waals surface area (Å²) < 4.78 is 42.3. The highest BCUT2D eigenvalue weighted by atomic mass is 35.5. The molecule has 0 unspecified atom stereocenters. The number of rotatable bonds is 4. The van der Waals surface area contributed by atoms with Crippen LogP contribution < -0.4 is 15.6 Å². The van der Waals surface area contributed by atoms with Gasteiger partial charge in [-0.05, 0) is 43.3 Å². The lowest BCUT2D eigenvalue weighted by molar-refractivity contribution is 0.256. The Labute approximate surface area is 195 Å². The highest BCUT2D eigenvalue weighted by Gasteiger charge is 2.21. The monoisotopic (exact) mass is 507 g/mol. The van der Waals surface area contributed by atoms with Crippen molar-refractivity contribution in [1.82, 2.24) is 9.29 Å². The predicted octanol–water partition coefficient (Wildman–Crippen LogP) is 4.37. The summed E-state index contributed by atoms with van der Waals surface area (Å²) >= 11 is 6.50. The molecule has 4 aromatic rings. The van der Waals surface area contributed by atoms with Gasteiger partial charge in [0.05, 0.1) is 21.1 Å². The maximum Gasteiger partial charge on any atom is 0.333 e. The molecule has 170 valence electrons. The van der Waals surface area contributed by atoms with E-state index in [1.54, 1.807) is 18.2 Å². The number of urea groups is 1. The van der Waals surface area contributed by atoms with Crippen LogP contribution in [0.5, 0.6) is 5.75 Å². The third-order valence-corrected chi connectivity index (χ3v) is 7.83. The largest absolute Gasteiger partial charge is 0.505 e. The number of pyridine rings is 1. The summed E-state index contributed by atoms with van der Waals surface area (Å²) in [5.74, 6) is -1.04. The number of halogens is 2. The van der Waals surface area contributed by atoms with Gasteiger partial charge in [-0.15, -0.1) is 11.3 Å². The van der Waals surface area contributed by atoms with Crippen LogP contribution in [-0.4, -0.2) is 24.1 Å². The van der Waals surface area contributed by atoms with E-state index >= 15 is 0 Å². The first-order valence-corrected chi connectivity index (χ1v) is 12.0. The van der Waals surface area contributed by atoms with Crippen LogP contribution >= 0.6 is 22.9 Å². The number of hydrogen-bond donors (Lipinski definition) is 3. The van der Waals surface area contributed by atoms with Crippen molar-refractivity contribution in [3.8, 4) is 11.4 Å². The zero-order valence-corrected chi connectivity index (χ0v) is 19.2. The van der Waals surface area contributed by atoms with Crippen LogP contribution in [0.15, 0.2) is 63.6 Å². The minimum absolute atomic E-state index is 0.0520. The average molecular weight is 508 g/mol. The Kier molecular flexibility index (Phi) is 5.87. The number of nitrogens with zero attached hydrogens (tertiary/aromatic N) is 1. The maximum atomic E-state index is 14.9. The summed E-state index contributed by atoms with van der Waals surface area (Å²) in [7, 11) is -4.15. The van der Waals surface area contributed by atoms with Crippen LogP contribution in [-0.2, 0) is 10.0 Å². The zero-order chi connectivity index (χ0) is 23.9. The van der Waals surface area contributed by atoms with Gasteiger partial charge < -0.3 is 10.4 Å². The molecule has 2 aromatic heterocycles. The Bertz CT molecular complexity index is 1580. The number of nitrogens with one attached hydrogen (secondary N) is 2. The smallest absolute Gasteiger partial charge is 0.333 e. The van der Waals surface area contributed by atoms with Gasteiger partial charge in [0.1, 0.15) is 15.8 Å². The molecule has 33 heavy (non-hydrogen) atoms. The minimum Gasteiger partial charge on any atom is -0.505 e. The first-order chi connectivity index (χ1) is 15.6. The van der Waals surface area contributed by atoms with Crippen LogP contribution in [0.1, 0.15) is 5.69 Å². The fourth-order valence-corrected chi connectivity index (χ4v) is 5.67. The summed E-state index contributed by atoms with van der Waals surface area (Å²) in [6.07, 6.45) is 0. The molecule has 0 aliphatic heterocycles. The van der Waals surface area contributed by atoms with E-state index in [9.17, 15) is 27.5 Å². The van der Waals surface area contributed by atoms with E-state index < -0.39 is 27.4 Å². The van der Waals surface area contributed by atoms with Crippen LogP contribution in [0.3, 0.4) is 0 Å². The van der Waals surface area contributed by atoms with Crippen molar-refractivity contribution >= 4 is 55.5 Å². The van der Waals surface area contributed by atoms with Crippen molar-refractivity contribution < 1.29 is 22.7 Å². The summed E-state index contributed by atoms with van der Waals surface area (Å²) in [6, 6.07) is 11.4. The summed E-state index contributed by atoms with van der Waals surface area (Å²) in [4.78, 5) is 25.1. The summed E-state index contributed by atoms with van der Waals surface area (Å²) in [5, 5.41) is 13.3. The Morgan fingerprint density at radius 3 is 2.45 bits per heavy atom. The Morgan fingerprint density at radius 2 is 1.82 bits per heavy atom. The number of amides is 2. The Hall–Kier alpha value is -3.41. The van der Waals surface area contributed by atoms with E-state index in [1.807, 2.05) is 4.72 Å². The van der Waals surface area contributed by atoms with Crippen molar-refractivity contribution in [2.45, 2.75) is 11.1 Å². The number of sulfonamides is 1. The second-order valence-electron chi connectivity index (χ2n) is 6.90. The van der Waals surface area contributed by atoms with Crippen LogP contribution in [0.25, 0.3) is 16.5 Å². The average Bonchev–Trinajstić information content (AvgIpc) is 3.20. The molecular formula is C21H15ClFN3O5S2. The summed E-state index contributed by atoms with van der Waals surface area (Å²) in [5.41, 5.74) is -0.593. The molecule has 0 aliphatic carbocycles. The second-order valence-corrected chi connectivity index (χ2v) is 10.5. The molecule has 0 saturated heterocycles. The van der Waals surface area contributed by atoms with Gasteiger partial charge in [-0.1, -0.05) is 29.8 Å². The second kappa shape index (κ2) is 8.50. The number of benzene rings is 2. The van der Waals surface area contributed by atoms with E-state index in [0.29, 0.717) is 5.39 Å². The fourth-order valence-electron chi connectivity index (χ4n) is 3.28. The molecule has 2 amide bonds. The fraction of sp³-hybridized carbons (Fsp3) is 0.0476. The quantitative estimate of drug-likeness (QED) is 0.379. The molecule has 0 spiro atoms.